The van der Waals surface area contributed by atoms with Gasteiger partial charge in [0.1, 0.15) is 0 Å². The fourth-order valence-electron chi connectivity index (χ4n) is 3.20. The molecular formula is C29H32Au2BF4NOP2S. The van der Waals surface area contributed by atoms with Crippen molar-refractivity contribution in [2.75, 3.05) is 20.0 Å². The van der Waals surface area contributed by atoms with Crippen LogP contribution < -0.4 is 21.2 Å². The summed E-state index contributed by atoms with van der Waals surface area (Å²) in [6.45, 7) is 0. The number of nitrogens with zero attached hydrogens (tertiary/aromatic N) is 1. The molecule has 4 aromatic rings. The van der Waals surface area contributed by atoms with Gasteiger partial charge in [0, 0.05) is 20.0 Å². The molecule has 0 aromatic heterocycles. The average molecular weight is 985 g/mol. The van der Waals surface area contributed by atoms with Crippen molar-refractivity contribution in [1.29, 1.82) is 0 Å². The van der Waals surface area contributed by atoms with Crippen LogP contribution in [0.2, 0.25) is 0 Å². The second-order valence-corrected chi connectivity index (χ2v) is 15.6. The maximum atomic E-state index is 10.6. The Hall–Kier alpha value is -0.885. The minimum absolute atomic E-state index is 0. The molecule has 0 fully saturated rings. The van der Waals surface area contributed by atoms with E-state index < -0.39 is 33.2 Å². The van der Waals surface area contributed by atoms with Gasteiger partial charge in [-0.05, 0) is 37.1 Å². The van der Waals surface area contributed by atoms with Gasteiger partial charge in [0.2, 0.25) is 0 Å². The number of hydrogen-bond donors (Lipinski definition) is 0. The molecule has 0 unspecified atom stereocenters. The Labute approximate surface area is 276 Å². The maximum absolute atomic E-state index is 10.6. The zero-order chi connectivity index (χ0) is 28.9. The van der Waals surface area contributed by atoms with Crippen molar-refractivity contribution in [2.24, 2.45) is 0 Å². The topological polar surface area (TPSA) is 20.3 Å². The van der Waals surface area contributed by atoms with E-state index in [0.717, 1.165) is 0 Å². The summed E-state index contributed by atoms with van der Waals surface area (Å²) in [4.78, 5) is 0. The first-order chi connectivity index (χ1) is 18.4. The smallest absolute Gasteiger partial charge is 0.418 e. The van der Waals surface area contributed by atoms with Gasteiger partial charge in [0.05, 0.1) is 0 Å². The number of rotatable bonds is 7. The number of halogens is 4. The van der Waals surface area contributed by atoms with Crippen molar-refractivity contribution >= 4 is 54.4 Å². The third kappa shape index (κ3) is 16.5. The Morgan fingerprint density at radius 2 is 0.756 bits per heavy atom. The van der Waals surface area contributed by atoms with E-state index in [2.05, 4.69) is 134 Å². The van der Waals surface area contributed by atoms with Gasteiger partial charge in [-0.15, -0.1) is 26.8 Å². The fraction of sp³-hybridized carbons (Fsp3) is 0.103. The van der Waals surface area contributed by atoms with Gasteiger partial charge in [0.25, 0.3) is 0 Å². The van der Waals surface area contributed by atoms with Crippen molar-refractivity contribution in [3.63, 3.8) is 0 Å². The number of hydrogen-bond acceptors (Lipinski definition) is 1. The van der Waals surface area contributed by atoms with Crippen LogP contribution in [-0.4, -0.2) is 31.6 Å². The summed E-state index contributed by atoms with van der Waals surface area (Å²) < 4.78 is 51.1. The van der Waals surface area contributed by atoms with Crippen LogP contribution in [0.5, 0.6) is 0 Å². The molecule has 0 aliphatic rings. The molecule has 0 atom stereocenters. The summed E-state index contributed by atoms with van der Waals surface area (Å²) in [5, 5.41) is 5.83. The second-order valence-electron chi connectivity index (χ2n) is 8.42. The molecule has 0 aliphatic heterocycles. The molecule has 0 radical (unpaired) electrons. The summed E-state index contributed by atoms with van der Waals surface area (Å²) in [6.07, 6.45) is 6.62. The number of benzene rings is 4. The monoisotopic (exact) mass is 985 g/mol. The molecular weight excluding hydrogens is 953 g/mol. The van der Waals surface area contributed by atoms with Crippen LogP contribution in [0.3, 0.4) is 0 Å². The fourth-order valence-corrected chi connectivity index (χ4v) is 9.67. The average Bonchev–Trinajstić information content (AvgIpc) is 2.90. The third-order valence-corrected chi connectivity index (χ3v) is 12.5. The second kappa shape index (κ2) is 20.1. The van der Waals surface area contributed by atoms with Crippen LogP contribution in [0.25, 0.3) is 0 Å². The molecule has 0 saturated carbocycles. The van der Waals surface area contributed by atoms with Crippen molar-refractivity contribution in [1.82, 2.24) is 4.31 Å². The van der Waals surface area contributed by atoms with E-state index in [0.29, 0.717) is 0 Å². The predicted octanol–water partition coefficient (Wildman–Crippen LogP) is 7.05. The molecule has 228 valence electrons. The van der Waals surface area contributed by atoms with E-state index in [1.165, 1.54) is 31.4 Å². The largest absolute Gasteiger partial charge is 1.00 e. The summed E-state index contributed by atoms with van der Waals surface area (Å²) in [6, 6.07) is 44.1. The van der Waals surface area contributed by atoms with Gasteiger partial charge in [-0.2, -0.15) is 4.31 Å². The van der Waals surface area contributed by atoms with Crippen LogP contribution in [0, 0.1) is 12.5 Å². The standard InChI is InChI=1S/C25H22P2.C4H10NOS.2Au.BF4/c1-5-13-22(14-6-1)26(23-15-7-2-8-16-23)21-27(24-17-9-3-10-18-24)25-19-11-4-12-20-25;1-5(2)7(3,4)6;;;2-1(3,4)5/h1-20H,21H2;3-4H2,1-2H3;;;/q;-1;2*+1;-1. The zero-order valence-corrected chi connectivity index (χ0v) is 29.5. The van der Waals surface area contributed by atoms with Crippen LogP contribution in [0.4, 0.5) is 17.3 Å². The van der Waals surface area contributed by atoms with Crippen LogP contribution in [0.1, 0.15) is 0 Å². The van der Waals surface area contributed by atoms with E-state index in [4.69, 9.17) is 0 Å². The van der Waals surface area contributed by atoms with Gasteiger partial charge in [0.15, 0.2) is 0 Å². The summed E-state index contributed by atoms with van der Waals surface area (Å²) in [5.41, 5.74) is 0. The molecule has 2 nitrogen and oxygen atoms in total. The van der Waals surface area contributed by atoms with Gasteiger partial charge in [-0.25, -0.2) is 0 Å². The Kier molecular flexibility index (Phi) is 19.7. The Morgan fingerprint density at radius 1 is 0.585 bits per heavy atom. The van der Waals surface area contributed by atoms with E-state index in [1.54, 1.807) is 14.1 Å². The van der Waals surface area contributed by atoms with E-state index >= 15 is 0 Å². The van der Waals surface area contributed by atoms with Gasteiger partial charge >= 0.3 is 52.0 Å². The molecule has 4 aromatic carbocycles. The normalized spacial score (nSPS) is 10.9. The minimum atomic E-state index is -6.00. The molecule has 41 heavy (non-hydrogen) atoms. The van der Waals surface area contributed by atoms with Crippen LogP contribution in [0.15, 0.2) is 121 Å². The van der Waals surface area contributed by atoms with Crippen LogP contribution in [-0.2, 0) is 59.1 Å². The first-order valence-corrected chi connectivity index (χ1v) is 16.8. The summed E-state index contributed by atoms with van der Waals surface area (Å²) >= 11 is 0. The predicted molar refractivity (Wildman–Crippen MR) is 166 cm³/mol. The summed E-state index contributed by atoms with van der Waals surface area (Å²) in [5.74, 6) is 1.17. The molecule has 0 heterocycles. The van der Waals surface area contributed by atoms with Crippen molar-refractivity contribution in [3.8, 4) is 0 Å². The van der Waals surface area contributed by atoms with E-state index in [9.17, 15) is 21.5 Å². The molecule has 0 saturated heterocycles. The molecule has 12 heteroatoms. The maximum Gasteiger partial charge on any atom is 1.00 e. The molecule has 0 amide bonds. The first-order valence-electron chi connectivity index (χ1n) is 11.9. The molecule has 0 N–H and O–H groups in total. The Morgan fingerprint density at radius 3 is 0.902 bits per heavy atom. The third-order valence-electron chi connectivity index (χ3n) is 5.22. The molecule has 4 rings (SSSR count). The first kappa shape index (κ1) is 40.1. The van der Waals surface area contributed by atoms with Crippen molar-refractivity contribution in [3.05, 3.63) is 134 Å². The SMILES string of the molecule is F[B-](F)(F)F.[Au+].[Au+].[CH2-][S+]([CH2-])(=O)N(C)C.c1ccc(P(CP(c2ccccc2)c2ccccc2)c2ccccc2)cc1. The zero-order valence-electron chi connectivity index (χ0n) is 22.5. The Bertz CT molecular complexity index is 1110. The molecule has 0 aliphatic carbocycles. The van der Waals surface area contributed by atoms with Crippen molar-refractivity contribution < 1.29 is 66.2 Å². The minimum Gasteiger partial charge on any atom is -0.418 e. The molecule has 0 spiro atoms. The van der Waals surface area contributed by atoms with Gasteiger partial charge in [-0.3, -0.25) is 0 Å². The quantitative estimate of drug-likeness (QED) is 0.0640. The summed E-state index contributed by atoms with van der Waals surface area (Å²) in [7, 11) is -5.61. The Balaban J connectivity index is 0.000000972. The van der Waals surface area contributed by atoms with E-state index in [1.807, 2.05) is 0 Å². The van der Waals surface area contributed by atoms with Crippen LogP contribution >= 0.6 is 15.8 Å². The van der Waals surface area contributed by atoms with Gasteiger partial charge < -0.3 is 17.3 Å². The van der Waals surface area contributed by atoms with Crippen molar-refractivity contribution in [2.45, 2.75) is 0 Å². The molecule has 0 bridgehead atoms. The van der Waals surface area contributed by atoms with Gasteiger partial charge in [-0.1, -0.05) is 121 Å². The van der Waals surface area contributed by atoms with E-state index in [-0.39, 0.29) is 44.8 Å².